The van der Waals surface area contributed by atoms with Crippen LogP contribution in [-0.4, -0.2) is 68.3 Å². The summed E-state index contributed by atoms with van der Waals surface area (Å²) in [7, 11) is -0.653. The van der Waals surface area contributed by atoms with Crippen LogP contribution in [0.4, 0.5) is 0 Å². The highest BCUT2D eigenvalue weighted by atomic mass is 32.2. The number of carbonyl (C=O) groups is 1. The van der Waals surface area contributed by atoms with Crippen molar-refractivity contribution in [1.82, 2.24) is 4.90 Å². The van der Waals surface area contributed by atoms with E-state index >= 15 is 0 Å². The van der Waals surface area contributed by atoms with Gasteiger partial charge in [-0.3, -0.25) is 4.79 Å². The third kappa shape index (κ3) is 5.92. The Morgan fingerprint density at radius 3 is 2.38 bits per heavy atom. The highest BCUT2D eigenvalue weighted by Crippen LogP contribution is 2.40. The van der Waals surface area contributed by atoms with E-state index in [1.54, 1.807) is 0 Å². The first-order valence-electron chi connectivity index (χ1n) is 7.44. The molecule has 1 aliphatic carbocycles. The highest BCUT2D eigenvalue weighted by Gasteiger charge is 2.37. The van der Waals surface area contributed by atoms with Crippen LogP contribution in [0.2, 0.25) is 0 Å². The van der Waals surface area contributed by atoms with Crippen LogP contribution in [0.3, 0.4) is 0 Å². The molecule has 1 unspecified atom stereocenters. The summed E-state index contributed by atoms with van der Waals surface area (Å²) in [6.45, 7) is 1.93. The molecule has 2 rings (SSSR count). The topological polar surface area (TPSA) is 94.9 Å². The monoisotopic (exact) mass is 321 g/mol. The molecule has 7 heteroatoms. The van der Waals surface area contributed by atoms with Gasteiger partial charge in [-0.25, -0.2) is 8.42 Å². The van der Waals surface area contributed by atoms with Crippen LogP contribution in [0.15, 0.2) is 0 Å². The van der Waals surface area contributed by atoms with Crippen molar-refractivity contribution in [3.8, 4) is 0 Å². The van der Waals surface area contributed by atoms with Crippen LogP contribution < -0.4 is 0 Å². The average Bonchev–Trinajstić information content (AvgIpc) is 2.72. The number of carboxylic acid groups (broad SMARTS) is 1. The summed E-state index contributed by atoms with van der Waals surface area (Å²) in [5.74, 6) is 1.11. The van der Waals surface area contributed by atoms with E-state index < -0.39 is 9.84 Å². The molecule has 21 heavy (non-hydrogen) atoms. The minimum atomic E-state index is -2.74. The first-order valence-corrected chi connectivity index (χ1v) is 9.26. The lowest BCUT2D eigenvalue weighted by atomic mass is 9.69. The van der Waals surface area contributed by atoms with Crippen LogP contribution in [0.25, 0.3) is 0 Å². The summed E-state index contributed by atoms with van der Waals surface area (Å²) >= 11 is 0. The zero-order valence-electron chi connectivity index (χ0n) is 12.7. The third-order valence-corrected chi connectivity index (χ3v) is 6.44. The Labute approximate surface area is 127 Å². The van der Waals surface area contributed by atoms with E-state index in [-0.39, 0.29) is 18.5 Å². The lowest BCUT2D eigenvalue weighted by molar-refractivity contribution is -0.122. The largest absolute Gasteiger partial charge is 0.483 e. The molecule has 1 aliphatic heterocycles. The second-order valence-electron chi connectivity index (χ2n) is 6.41. The third-order valence-electron chi connectivity index (χ3n) is 4.60. The quantitative estimate of drug-likeness (QED) is 0.696. The highest BCUT2D eigenvalue weighted by molar-refractivity contribution is 7.91. The van der Waals surface area contributed by atoms with Crippen molar-refractivity contribution in [1.29, 1.82) is 0 Å². The Balaban J connectivity index is 0.000000677. The predicted octanol–water partition coefficient (Wildman–Crippen LogP) is 0.606. The van der Waals surface area contributed by atoms with Gasteiger partial charge in [-0.15, -0.1) is 0 Å². The molecule has 0 bridgehead atoms. The van der Waals surface area contributed by atoms with Crippen molar-refractivity contribution in [2.75, 3.05) is 38.2 Å². The first-order chi connectivity index (χ1) is 9.86. The minimum Gasteiger partial charge on any atom is -0.483 e. The van der Waals surface area contributed by atoms with E-state index in [0.29, 0.717) is 17.4 Å². The molecule has 0 amide bonds. The van der Waals surface area contributed by atoms with Crippen LogP contribution in [0.5, 0.6) is 0 Å². The molecule has 1 saturated carbocycles. The molecular formula is C14H27NO5S. The van der Waals surface area contributed by atoms with Gasteiger partial charge in [-0.05, 0) is 45.2 Å². The lowest BCUT2D eigenvalue weighted by Gasteiger charge is -2.43. The maximum Gasteiger partial charge on any atom is 0.290 e. The molecule has 124 valence electrons. The average molecular weight is 321 g/mol. The second-order valence-corrected chi connectivity index (χ2v) is 8.64. The van der Waals surface area contributed by atoms with E-state index in [0.717, 1.165) is 38.8 Å². The molecule has 2 fully saturated rings. The van der Waals surface area contributed by atoms with Gasteiger partial charge in [-0.1, -0.05) is 6.42 Å². The van der Waals surface area contributed by atoms with Gasteiger partial charge in [0.1, 0.15) is 0 Å². The number of aliphatic hydroxyl groups excluding tert-OH is 1. The Morgan fingerprint density at radius 1 is 1.38 bits per heavy atom. The molecule has 0 aromatic carbocycles. The number of hydrogen-bond donors (Lipinski definition) is 2. The summed E-state index contributed by atoms with van der Waals surface area (Å²) < 4.78 is 22.7. The van der Waals surface area contributed by atoms with E-state index in [4.69, 9.17) is 9.90 Å². The summed E-state index contributed by atoms with van der Waals surface area (Å²) in [5, 5.41) is 16.3. The smallest absolute Gasteiger partial charge is 0.290 e. The predicted molar refractivity (Wildman–Crippen MR) is 80.9 cm³/mol. The zero-order valence-corrected chi connectivity index (χ0v) is 13.5. The van der Waals surface area contributed by atoms with Crippen molar-refractivity contribution in [2.24, 2.45) is 11.3 Å². The standard InChI is InChI=1S/C13H25NO3S.CH2O2/c1-14(10-13(11-15)5-2-6-13)7-3-12-4-8-18(16,17)9-12;2-1-3/h12,15H,2-11H2,1H3;1H,(H,2,3). The molecule has 2 N–H and O–H groups in total. The van der Waals surface area contributed by atoms with Crippen molar-refractivity contribution >= 4 is 16.3 Å². The SMILES string of the molecule is CN(CCC1CCS(=O)(=O)C1)CC1(CO)CCC1.O=CO. The number of rotatable bonds is 6. The molecule has 1 atom stereocenters. The number of aliphatic hydroxyl groups is 1. The molecule has 1 heterocycles. The summed E-state index contributed by atoms with van der Waals surface area (Å²) in [6.07, 6.45) is 5.30. The fourth-order valence-corrected chi connectivity index (χ4v) is 5.11. The molecular weight excluding hydrogens is 294 g/mol. The summed E-state index contributed by atoms with van der Waals surface area (Å²) in [6, 6.07) is 0. The Bertz CT molecular complexity index is 414. The van der Waals surface area contributed by atoms with Gasteiger partial charge >= 0.3 is 0 Å². The lowest BCUT2D eigenvalue weighted by Crippen LogP contribution is -2.44. The minimum absolute atomic E-state index is 0.135. The molecule has 6 nitrogen and oxygen atoms in total. The Hall–Kier alpha value is -0.660. The normalized spacial score (nSPS) is 25.8. The number of sulfone groups is 1. The van der Waals surface area contributed by atoms with Gasteiger partial charge in [0, 0.05) is 18.6 Å². The Kier molecular flexibility index (Phi) is 7.09. The summed E-state index contributed by atoms with van der Waals surface area (Å²) in [5.41, 5.74) is 0.135. The van der Waals surface area contributed by atoms with Crippen molar-refractivity contribution < 1.29 is 23.4 Å². The molecule has 2 aliphatic rings. The van der Waals surface area contributed by atoms with Gasteiger partial charge in [0.2, 0.25) is 0 Å². The van der Waals surface area contributed by atoms with Gasteiger partial charge < -0.3 is 15.1 Å². The maximum absolute atomic E-state index is 11.4. The molecule has 0 aromatic rings. The number of nitrogens with zero attached hydrogens (tertiary/aromatic N) is 1. The van der Waals surface area contributed by atoms with E-state index in [1.165, 1.54) is 6.42 Å². The van der Waals surface area contributed by atoms with E-state index in [1.807, 2.05) is 0 Å². The number of hydrogen-bond acceptors (Lipinski definition) is 5. The van der Waals surface area contributed by atoms with Gasteiger partial charge in [0.05, 0.1) is 11.5 Å². The zero-order chi connectivity index (χ0) is 15.9. The van der Waals surface area contributed by atoms with Crippen LogP contribution >= 0.6 is 0 Å². The van der Waals surface area contributed by atoms with Crippen molar-refractivity contribution in [3.63, 3.8) is 0 Å². The van der Waals surface area contributed by atoms with E-state index in [2.05, 4.69) is 11.9 Å². The summed E-state index contributed by atoms with van der Waals surface area (Å²) in [4.78, 5) is 10.6. The molecule has 0 spiro atoms. The fraction of sp³-hybridized carbons (Fsp3) is 0.929. The van der Waals surface area contributed by atoms with Crippen LogP contribution in [-0.2, 0) is 14.6 Å². The molecule has 0 radical (unpaired) electrons. The molecule has 0 aromatic heterocycles. The van der Waals surface area contributed by atoms with Crippen molar-refractivity contribution in [3.05, 3.63) is 0 Å². The van der Waals surface area contributed by atoms with Crippen LogP contribution in [0, 0.1) is 11.3 Å². The first kappa shape index (κ1) is 18.4. The van der Waals surface area contributed by atoms with Crippen molar-refractivity contribution in [2.45, 2.75) is 32.1 Å². The maximum atomic E-state index is 11.4. The van der Waals surface area contributed by atoms with Crippen LogP contribution in [0.1, 0.15) is 32.1 Å². The fourth-order valence-electron chi connectivity index (χ4n) is 3.20. The van der Waals surface area contributed by atoms with Gasteiger partial charge in [-0.2, -0.15) is 0 Å². The molecule has 1 saturated heterocycles. The second kappa shape index (κ2) is 8.10. The van der Waals surface area contributed by atoms with Gasteiger partial charge in [0.25, 0.3) is 6.47 Å². The van der Waals surface area contributed by atoms with E-state index in [9.17, 15) is 13.5 Å². The van der Waals surface area contributed by atoms with Gasteiger partial charge in [0.15, 0.2) is 9.84 Å². The Morgan fingerprint density at radius 2 is 2.00 bits per heavy atom.